The summed E-state index contributed by atoms with van der Waals surface area (Å²) in [5, 5.41) is 1.36. The smallest absolute Gasteiger partial charge is 0.161 e. The Balaban J connectivity index is 2.14. The molecule has 1 heterocycles. The van der Waals surface area contributed by atoms with E-state index in [0.29, 0.717) is 11.0 Å². The Morgan fingerprint density at radius 2 is 1.75 bits per heavy atom. The van der Waals surface area contributed by atoms with Crippen molar-refractivity contribution in [3.8, 4) is 17.1 Å². The van der Waals surface area contributed by atoms with E-state index in [-0.39, 0.29) is 0 Å². The van der Waals surface area contributed by atoms with Gasteiger partial charge in [0, 0.05) is 10.9 Å². The number of nitrogens with zero attached hydrogens (tertiary/aromatic N) is 2. The molecule has 0 aliphatic heterocycles. The highest BCUT2D eigenvalue weighted by Crippen LogP contribution is 2.26. The van der Waals surface area contributed by atoms with Gasteiger partial charge in [-0.1, -0.05) is 23.2 Å². The van der Waals surface area contributed by atoms with Crippen LogP contribution < -0.4 is 4.74 Å². The number of benzene rings is 2. The van der Waals surface area contributed by atoms with Gasteiger partial charge in [-0.3, -0.25) is 0 Å². The van der Waals surface area contributed by atoms with Crippen LogP contribution in [-0.4, -0.2) is 17.1 Å². The summed E-state index contributed by atoms with van der Waals surface area (Å²) >= 11 is 6.27. The van der Waals surface area contributed by atoms with Crippen LogP contribution in [0.15, 0.2) is 42.5 Å². The van der Waals surface area contributed by atoms with Crippen LogP contribution in [0.25, 0.3) is 22.3 Å². The molecule has 3 rings (SSSR count). The minimum atomic E-state index is 0.476. The molecule has 1 aromatic heterocycles. The lowest BCUT2D eigenvalue weighted by atomic mass is 10.1. The van der Waals surface area contributed by atoms with Gasteiger partial charge < -0.3 is 4.74 Å². The fraction of sp³-hybridized carbons (Fsp3) is 0.125. The number of aromatic nitrogens is 2. The third-order valence-electron chi connectivity index (χ3n) is 3.15. The number of hydrogen-bond donors (Lipinski definition) is 0. The first kappa shape index (κ1) is 12.9. The largest absolute Gasteiger partial charge is 0.497 e. The van der Waals surface area contributed by atoms with Crippen molar-refractivity contribution >= 4 is 22.5 Å². The summed E-state index contributed by atoms with van der Waals surface area (Å²) in [6, 6.07) is 13.6. The Morgan fingerprint density at radius 3 is 2.45 bits per heavy atom. The molecule has 0 N–H and O–H groups in total. The van der Waals surface area contributed by atoms with E-state index in [1.165, 1.54) is 0 Å². The van der Waals surface area contributed by atoms with Gasteiger partial charge in [0.05, 0.1) is 12.6 Å². The predicted octanol–water partition coefficient (Wildman–Crippen LogP) is 4.27. The highest BCUT2D eigenvalue weighted by molar-refractivity contribution is 6.34. The first-order valence-corrected chi connectivity index (χ1v) is 6.63. The summed E-state index contributed by atoms with van der Waals surface area (Å²) < 4.78 is 5.15. The van der Waals surface area contributed by atoms with E-state index >= 15 is 0 Å². The molecule has 20 heavy (non-hydrogen) atoms. The Bertz CT molecular complexity index is 769. The second kappa shape index (κ2) is 5.10. The van der Waals surface area contributed by atoms with Gasteiger partial charge in [-0.05, 0) is 43.3 Å². The molecule has 0 aliphatic rings. The van der Waals surface area contributed by atoms with Gasteiger partial charge in [0.25, 0.3) is 0 Å². The molecule has 100 valence electrons. The average Bonchev–Trinajstić information content (AvgIpc) is 2.48. The third kappa shape index (κ3) is 2.32. The third-order valence-corrected chi connectivity index (χ3v) is 3.44. The lowest BCUT2D eigenvalue weighted by molar-refractivity contribution is 0.415. The van der Waals surface area contributed by atoms with Crippen molar-refractivity contribution in [1.82, 2.24) is 9.97 Å². The summed E-state index contributed by atoms with van der Waals surface area (Å²) in [6.07, 6.45) is 0. The van der Waals surface area contributed by atoms with Gasteiger partial charge in [0.15, 0.2) is 5.82 Å². The van der Waals surface area contributed by atoms with Crippen LogP contribution in [0.3, 0.4) is 0 Å². The zero-order valence-electron chi connectivity index (χ0n) is 11.2. The maximum absolute atomic E-state index is 6.27. The normalized spacial score (nSPS) is 10.8. The van der Waals surface area contributed by atoms with Crippen LogP contribution in [0.1, 0.15) is 5.56 Å². The molecule has 0 radical (unpaired) electrons. The van der Waals surface area contributed by atoms with E-state index in [2.05, 4.69) is 9.97 Å². The van der Waals surface area contributed by atoms with E-state index in [4.69, 9.17) is 16.3 Å². The first-order valence-electron chi connectivity index (χ1n) is 6.26. The van der Waals surface area contributed by atoms with Crippen LogP contribution in [-0.2, 0) is 0 Å². The Morgan fingerprint density at radius 1 is 1.00 bits per heavy atom. The monoisotopic (exact) mass is 284 g/mol. The van der Waals surface area contributed by atoms with Gasteiger partial charge in [0.2, 0.25) is 0 Å². The van der Waals surface area contributed by atoms with Crippen LogP contribution in [0, 0.1) is 6.92 Å². The average molecular weight is 285 g/mol. The number of hydrogen-bond acceptors (Lipinski definition) is 3. The second-order valence-electron chi connectivity index (χ2n) is 4.59. The van der Waals surface area contributed by atoms with Gasteiger partial charge in [-0.15, -0.1) is 0 Å². The van der Waals surface area contributed by atoms with Crippen molar-refractivity contribution in [2.45, 2.75) is 6.92 Å². The van der Waals surface area contributed by atoms with Gasteiger partial charge in [-0.25, -0.2) is 9.97 Å². The summed E-state index contributed by atoms with van der Waals surface area (Å²) in [6.45, 7) is 2.02. The zero-order chi connectivity index (χ0) is 14.1. The zero-order valence-corrected chi connectivity index (χ0v) is 12.0. The number of fused-ring (bicyclic) bond motifs is 1. The fourth-order valence-corrected chi connectivity index (χ4v) is 2.31. The SMILES string of the molecule is COc1ccc(-c2nc(Cl)c3cc(C)ccc3n2)cc1. The summed E-state index contributed by atoms with van der Waals surface area (Å²) in [7, 11) is 1.64. The van der Waals surface area contributed by atoms with Crippen LogP contribution in [0.4, 0.5) is 0 Å². The Hall–Kier alpha value is -2.13. The molecule has 0 bridgehead atoms. The summed E-state index contributed by atoms with van der Waals surface area (Å²) in [5.41, 5.74) is 2.90. The molecule has 0 saturated carbocycles. The molecule has 0 atom stereocenters. The topological polar surface area (TPSA) is 35.0 Å². The van der Waals surface area contributed by atoms with Crippen molar-refractivity contribution in [2.24, 2.45) is 0 Å². The quantitative estimate of drug-likeness (QED) is 0.659. The van der Waals surface area contributed by atoms with E-state index in [1.807, 2.05) is 49.4 Å². The molecular formula is C16H13ClN2O. The highest BCUT2D eigenvalue weighted by atomic mass is 35.5. The Labute approximate surface area is 122 Å². The van der Waals surface area contributed by atoms with Gasteiger partial charge in [-0.2, -0.15) is 0 Å². The van der Waals surface area contributed by atoms with Gasteiger partial charge >= 0.3 is 0 Å². The maximum Gasteiger partial charge on any atom is 0.161 e. The van der Waals surface area contributed by atoms with Crippen molar-refractivity contribution in [1.29, 1.82) is 0 Å². The molecular weight excluding hydrogens is 272 g/mol. The number of methoxy groups -OCH3 is 1. The van der Waals surface area contributed by atoms with Crippen molar-refractivity contribution in [3.05, 3.63) is 53.2 Å². The molecule has 4 heteroatoms. The lowest BCUT2D eigenvalue weighted by Crippen LogP contribution is -1.92. The molecule has 0 fully saturated rings. The molecule has 0 spiro atoms. The minimum Gasteiger partial charge on any atom is -0.497 e. The number of rotatable bonds is 2. The molecule has 3 nitrogen and oxygen atoms in total. The van der Waals surface area contributed by atoms with E-state index < -0.39 is 0 Å². The molecule has 3 aromatic rings. The summed E-state index contributed by atoms with van der Waals surface area (Å²) in [5.74, 6) is 1.42. The fourth-order valence-electron chi connectivity index (χ4n) is 2.07. The Kier molecular flexibility index (Phi) is 3.28. The van der Waals surface area contributed by atoms with E-state index in [0.717, 1.165) is 27.8 Å². The van der Waals surface area contributed by atoms with Crippen LogP contribution >= 0.6 is 11.6 Å². The standard InChI is InChI=1S/C16H13ClN2O/c1-10-3-8-14-13(9-10)15(17)19-16(18-14)11-4-6-12(20-2)7-5-11/h3-9H,1-2H3. The highest BCUT2D eigenvalue weighted by Gasteiger charge is 2.08. The van der Waals surface area contributed by atoms with E-state index in [9.17, 15) is 0 Å². The molecule has 0 aliphatic carbocycles. The van der Waals surface area contributed by atoms with Crippen molar-refractivity contribution in [3.63, 3.8) is 0 Å². The second-order valence-corrected chi connectivity index (χ2v) is 4.95. The first-order chi connectivity index (χ1) is 9.67. The number of ether oxygens (including phenoxy) is 1. The molecule has 0 saturated heterocycles. The number of aryl methyl sites for hydroxylation is 1. The van der Waals surface area contributed by atoms with Crippen LogP contribution in [0.5, 0.6) is 5.75 Å². The minimum absolute atomic E-state index is 0.476. The molecule has 2 aromatic carbocycles. The lowest BCUT2D eigenvalue weighted by Gasteiger charge is -2.06. The van der Waals surface area contributed by atoms with Crippen LogP contribution in [0.2, 0.25) is 5.15 Å². The van der Waals surface area contributed by atoms with Crippen molar-refractivity contribution in [2.75, 3.05) is 7.11 Å². The van der Waals surface area contributed by atoms with Crippen molar-refractivity contribution < 1.29 is 4.74 Å². The molecule has 0 unspecified atom stereocenters. The van der Waals surface area contributed by atoms with Gasteiger partial charge in [0.1, 0.15) is 10.9 Å². The molecule has 0 amide bonds. The number of halogens is 1. The summed E-state index contributed by atoms with van der Waals surface area (Å²) in [4.78, 5) is 8.95. The van der Waals surface area contributed by atoms with E-state index in [1.54, 1.807) is 7.11 Å². The maximum atomic E-state index is 6.27. The predicted molar refractivity (Wildman–Crippen MR) is 81.3 cm³/mol.